The number of furan rings is 1. The van der Waals surface area contributed by atoms with Crippen molar-refractivity contribution in [1.29, 1.82) is 0 Å². The van der Waals surface area contributed by atoms with Crippen LogP contribution < -0.4 is 5.32 Å². The Morgan fingerprint density at radius 2 is 1.83 bits per heavy atom. The third kappa shape index (κ3) is 6.58. The number of hydrogen-bond donors (Lipinski definition) is 1. The van der Waals surface area contributed by atoms with Crippen LogP contribution in [0, 0.1) is 6.92 Å². The fraction of sp³-hybridized carbons (Fsp3) is 0.474. The lowest BCUT2D eigenvalue weighted by molar-refractivity contribution is 0.486. The average Bonchev–Trinajstić information content (AvgIpc) is 2.98. The van der Waals surface area contributed by atoms with Gasteiger partial charge in [-0.3, -0.25) is 0 Å². The van der Waals surface area contributed by atoms with Gasteiger partial charge in [0.25, 0.3) is 0 Å². The molecule has 0 aliphatic carbocycles. The molecule has 0 aliphatic heterocycles. The second kappa shape index (κ2) is 10.7. The molecule has 2 aromatic rings. The smallest absolute Gasteiger partial charge is 0.134 e. The number of rotatable bonds is 9. The van der Waals surface area contributed by atoms with Crippen LogP contribution in [-0.4, -0.2) is 6.54 Å². The Morgan fingerprint density at radius 1 is 1.04 bits per heavy atom. The summed E-state index contributed by atoms with van der Waals surface area (Å²) in [6, 6.07) is 10.1. The summed E-state index contributed by atoms with van der Waals surface area (Å²) in [5.74, 6) is 1.85. The van der Waals surface area contributed by atoms with Gasteiger partial charge >= 0.3 is 0 Å². The number of hydrogen-bond acceptors (Lipinski definition) is 2. The number of unbranched alkanes of at least 4 members (excludes halogenated alkanes) is 4. The molecule has 23 heavy (non-hydrogen) atoms. The van der Waals surface area contributed by atoms with Crippen LogP contribution in [0.15, 0.2) is 34.7 Å². The molecule has 0 atom stereocenters. The average molecular weight is 356 g/mol. The van der Waals surface area contributed by atoms with Gasteiger partial charge in [0.05, 0.1) is 6.54 Å². The molecule has 0 fully saturated rings. The molecule has 1 heterocycles. The summed E-state index contributed by atoms with van der Waals surface area (Å²) in [6.45, 7) is 6.08. The minimum Gasteiger partial charge on any atom is -0.460 e. The van der Waals surface area contributed by atoms with Crippen molar-refractivity contribution in [2.45, 2.75) is 52.5 Å². The standard InChI is InChI=1S/C19H26ClNO.ClH/c1-3-4-5-6-7-12-21-14-17-10-11-19(22-17)16-9-8-15(2)18(20)13-16;/h8-11,13,21H,3-7,12,14H2,1-2H3;1H. The highest BCUT2D eigenvalue weighted by Crippen LogP contribution is 2.26. The number of benzene rings is 1. The zero-order valence-corrected chi connectivity index (χ0v) is 15.6. The van der Waals surface area contributed by atoms with Crippen LogP contribution in [0.1, 0.15) is 50.4 Å². The second-order valence-corrected chi connectivity index (χ2v) is 6.23. The van der Waals surface area contributed by atoms with Crippen LogP contribution in [0.5, 0.6) is 0 Å². The molecule has 0 spiro atoms. The summed E-state index contributed by atoms with van der Waals surface area (Å²) in [5, 5.41) is 4.22. The SMILES string of the molecule is CCCCCCCNCc1ccc(-c2ccc(C)c(Cl)c2)o1.Cl. The van der Waals surface area contributed by atoms with E-state index >= 15 is 0 Å². The van der Waals surface area contributed by atoms with Gasteiger partial charge < -0.3 is 9.73 Å². The molecule has 4 heteroatoms. The van der Waals surface area contributed by atoms with E-state index in [0.29, 0.717) is 0 Å². The predicted molar refractivity (Wildman–Crippen MR) is 102 cm³/mol. The highest BCUT2D eigenvalue weighted by molar-refractivity contribution is 6.31. The molecule has 0 saturated heterocycles. The topological polar surface area (TPSA) is 25.2 Å². The van der Waals surface area contributed by atoms with E-state index in [1.54, 1.807) is 0 Å². The first-order chi connectivity index (χ1) is 10.7. The van der Waals surface area contributed by atoms with E-state index in [-0.39, 0.29) is 12.4 Å². The molecule has 1 N–H and O–H groups in total. The van der Waals surface area contributed by atoms with Gasteiger partial charge in [-0.1, -0.05) is 56.3 Å². The number of aryl methyl sites for hydroxylation is 1. The minimum atomic E-state index is 0. The zero-order valence-electron chi connectivity index (χ0n) is 14.0. The fourth-order valence-electron chi connectivity index (χ4n) is 2.44. The maximum Gasteiger partial charge on any atom is 0.134 e. The summed E-state index contributed by atoms with van der Waals surface area (Å²) in [4.78, 5) is 0. The lowest BCUT2D eigenvalue weighted by atomic mass is 10.1. The molecule has 2 rings (SSSR count). The summed E-state index contributed by atoms with van der Waals surface area (Å²) in [5.41, 5.74) is 2.11. The summed E-state index contributed by atoms with van der Waals surface area (Å²) in [7, 11) is 0. The highest BCUT2D eigenvalue weighted by Gasteiger charge is 2.06. The normalized spacial score (nSPS) is 10.6. The summed E-state index contributed by atoms with van der Waals surface area (Å²) < 4.78 is 5.89. The Morgan fingerprint density at radius 3 is 2.57 bits per heavy atom. The van der Waals surface area contributed by atoms with Gasteiger partial charge in [-0.25, -0.2) is 0 Å². The molecule has 1 aromatic heterocycles. The fourth-order valence-corrected chi connectivity index (χ4v) is 2.62. The molecule has 1 aromatic carbocycles. The molecule has 0 radical (unpaired) electrons. The summed E-state index contributed by atoms with van der Waals surface area (Å²) >= 11 is 6.17. The Hall–Kier alpha value is -0.960. The maximum atomic E-state index is 6.17. The molecular weight excluding hydrogens is 329 g/mol. The van der Waals surface area contributed by atoms with Crippen molar-refractivity contribution in [2.24, 2.45) is 0 Å². The third-order valence-electron chi connectivity index (χ3n) is 3.87. The molecule has 128 valence electrons. The van der Waals surface area contributed by atoms with Gasteiger partial charge in [-0.05, 0) is 43.7 Å². The first-order valence-corrected chi connectivity index (χ1v) is 8.64. The monoisotopic (exact) mass is 355 g/mol. The van der Waals surface area contributed by atoms with E-state index in [1.807, 2.05) is 37.3 Å². The van der Waals surface area contributed by atoms with E-state index < -0.39 is 0 Å². The van der Waals surface area contributed by atoms with E-state index in [2.05, 4.69) is 12.2 Å². The predicted octanol–water partition coefficient (Wildman–Crippen LogP) is 6.39. The largest absolute Gasteiger partial charge is 0.460 e. The molecule has 0 unspecified atom stereocenters. The number of nitrogens with one attached hydrogen (secondary N) is 1. The third-order valence-corrected chi connectivity index (χ3v) is 4.28. The first-order valence-electron chi connectivity index (χ1n) is 8.26. The Bertz CT molecular complexity index is 580. The molecular formula is C19H27Cl2NO. The Kier molecular flexibility index (Phi) is 9.39. The molecule has 0 saturated carbocycles. The first kappa shape index (κ1) is 20.1. The van der Waals surface area contributed by atoms with E-state index in [0.717, 1.165) is 40.8 Å². The van der Waals surface area contributed by atoms with Gasteiger partial charge in [-0.15, -0.1) is 12.4 Å². The van der Waals surface area contributed by atoms with Crippen LogP contribution in [-0.2, 0) is 6.54 Å². The molecule has 0 aliphatic rings. The van der Waals surface area contributed by atoms with Crippen LogP contribution in [0.2, 0.25) is 5.02 Å². The van der Waals surface area contributed by atoms with Crippen molar-refractivity contribution in [3.63, 3.8) is 0 Å². The van der Waals surface area contributed by atoms with Crippen LogP contribution >= 0.6 is 24.0 Å². The molecule has 2 nitrogen and oxygen atoms in total. The molecule has 0 bridgehead atoms. The van der Waals surface area contributed by atoms with Crippen molar-refractivity contribution >= 4 is 24.0 Å². The lowest BCUT2D eigenvalue weighted by Gasteiger charge is -2.03. The van der Waals surface area contributed by atoms with Crippen LogP contribution in [0.3, 0.4) is 0 Å². The molecule has 0 amide bonds. The van der Waals surface area contributed by atoms with Crippen molar-refractivity contribution in [3.8, 4) is 11.3 Å². The van der Waals surface area contributed by atoms with Crippen molar-refractivity contribution in [3.05, 3.63) is 46.7 Å². The highest BCUT2D eigenvalue weighted by atomic mass is 35.5. The van der Waals surface area contributed by atoms with Gasteiger partial charge in [0.2, 0.25) is 0 Å². The Labute approximate surface area is 151 Å². The van der Waals surface area contributed by atoms with Crippen LogP contribution in [0.4, 0.5) is 0 Å². The van der Waals surface area contributed by atoms with E-state index in [1.165, 1.54) is 32.1 Å². The van der Waals surface area contributed by atoms with Gasteiger partial charge in [-0.2, -0.15) is 0 Å². The van der Waals surface area contributed by atoms with Crippen molar-refractivity contribution in [2.75, 3.05) is 6.54 Å². The van der Waals surface area contributed by atoms with Crippen molar-refractivity contribution < 1.29 is 4.42 Å². The quantitative estimate of drug-likeness (QED) is 0.527. The summed E-state index contributed by atoms with van der Waals surface area (Å²) in [6.07, 6.45) is 6.54. The van der Waals surface area contributed by atoms with E-state index in [9.17, 15) is 0 Å². The van der Waals surface area contributed by atoms with Crippen LogP contribution in [0.25, 0.3) is 11.3 Å². The maximum absolute atomic E-state index is 6.17. The van der Waals surface area contributed by atoms with Gasteiger partial charge in [0, 0.05) is 10.6 Å². The minimum absolute atomic E-state index is 0. The second-order valence-electron chi connectivity index (χ2n) is 5.82. The number of halogens is 2. The van der Waals surface area contributed by atoms with Gasteiger partial charge in [0.1, 0.15) is 11.5 Å². The van der Waals surface area contributed by atoms with Crippen molar-refractivity contribution in [1.82, 2.24) is 5.32 Å². The van der Waals surface area contributed by atoms with Gasteiger partial charge in [0.15, 0.2) is 0 Å². The Balaban J connectivity index is 0.00000264. The van der Waals surface area contributed by atoms with E-state index in [4.69, 9.17) is 16.0 Å². The zero-order chi connectivity index (χ0) is 15.8. The lowest BCUT2D eigenvalue weighted by Crippen LogP contribution is -2.14.